The number of nitrogens with one attached hydrogen (secondary N) is 1. The lowest BCUT2D eigenvalue weighted by molar-refractivity contribution is 0.188. The molecule has 1 unspecified atom stereocenters. The molecule has 3 nitrogen and oxygen atoms in total. The summed E-state index contributed by atoms with van der Waals surface area (Å²) in [4.78, 5) is 14.2. The number of halogens is 3. The summed E-state index contributed by atoms with van der Waals surface area (Å²) in [6.07, 6.45) is 0.631. The molecule has 0 aromatic heterocycles. The minimum absolute atomic E-state index is 0.123. The third kappa shape index (κ3) is 3.28. The quantitative estimate of drug-likeness (QED) is 0.743. The van der Waals surface area contributed by atoms with Crippen LogP contribution in [0.15, 0.2) is 36.4 Å². The van der Waals surface area contributed by atoms with Crippen LogP contribution < -0.4 is 5.32 Å². The maximum Gasteiger partial charge on any atom is 0.322 e. The second-order valence-corrected chi connectivity index (χ2v) is 6.34. The first-order valence-corrected chi connectivity index (χ1v) is 8.02. The Balaban J connectivity index is 1.78. The van der Waals surface area contributed by atoms with Crippen molar-refractivity contribution in [2.24, 2.45) is 0 Å². The van der Waals surface area contributed by atoms with Gasteiger partial charge in [-0.3, -0.25) is 0 Å². The largest absolute Gasteiger partial charge is 0.322 e. The van der Waals surface area contributed by atoms with E-state index < -0.39 is 0 Å². The number of benzene rings is 2. The zero-order valence-corrected chi connectivity index (χ0v) is 14.0. The molecule has 1 N–H and O–H groups in total. The first-order valence-electron chi connectivity index (χ1n) is 7.26. The average Bonchev–Trinajstić information content (AvgIpc) is 2.51. The average molecular weight is 353 g/mol. The van der Waals surface area contributed by atoms with Crippen LogP contribution in [-0.4, -0.2) is 17.5 Å². The van der Waals surface area contributed by atoms with Crippen molar-refractivity contribution < 1.29 is 9.18 Å². The molecule has 1 heterocycles. The lowest BCUT2D eigenvalue weighted by Crippen LogP contribution is -2.41. The van der Waals surface area contributed by atoms with E-state index in [1.807, 2.05) is 6.92 Å². The predicted octanol–water partition coefficient (Wildman–Crippen LogP) is 5.28. The Labute approximate surface area is 144 Å². The summed E-state index contributed by atoms with van der Waals surface area (Å²) in [5, 5.41) is 3.65. The van der Waals surface area contributed by atoms with Crippen LogP contribution in [0.4, 0.5) is 14.9 Å². The Morgan fingerprint density at radius 2 is 2.00 bits per heavy atom. The molecule has 0 aliphatic carbocycles. The molecule has 120 valence electrons. The lowest BCUT2D eigenvalue weighted by Gasteiger charge is -2.35. The van der Waals surface area contributed by atoms with E-state index in [9.17, 15) is 9.18 Å². The van der Waals surface area contributed by atoms with Crippen LogP contribution in [0.2, 0.25) is 10.0 Å². The van der Waals surface area contributed by atoms with Crippen molar-refractivity contribution in [3.8, 4) is 0 Å². The molecule has 0 radical (unpaired) electrons. The van der Waals surface area contributed by atoms with Crippen molar-refractivity contribution in [1.82, 2.24) is 4.90 Å². The van der Waals surface area contributed by atoms with Crippen molar-refractivity contribution in [2.75, 3.05) is 11.9 Å². The first-order chi connectivity index (χ1) is 11.0. The van der Waals surface area contributed by atoms with Gasteiger partial charge in [-0.15, -0.1) is 0 Å². The van der Waals surface area contributed by atoms with E-state index in [-0.39, 0.29) is 17.9 Å². The molecule has 0 bridgehead atoms. The summed E-state index contributed by atoms with van der Waals surface area (Å²) in [5.41, 5.74) is 2.51. The Morgan fingerprint density at radius 1 is 1.22 bits per heavy atom. The summed E-state index contributed by atoms with van der Waals surface area (Å²) in [5.74, 6) is -0.246. The number of fused-ring (bicyclic) bond motifs is 1. The molecule has 23 heavy (non-hydrogen) atoms. The highest BCUT2D eigenvalue weighted by atomic mass is 35.5. The molecule has 3 rings (SSSR count). The molecule has 0 saturated heterocycles. The highest BCUT2D eigenvalue weighted by molar-refractivity contribution is 6.42. The first kappa shape index (κ1) is 16.1. The monoisotopic (exact) mass is 352 g/mol. The number of anilines is 1. The summed E-state index contributed by atoms with van der Waals surface area (Å²) >= 11 is 11.8. The van der Waals surface area contributed by atoms with E-state index in [0.29, 0.717) is 28.7 Å². The minimum Gasteiger partial charge on any atom is -0.317 e. The third-order valence-electron chi connectivity index (χ3n) is 4.08. The van der Waals surface area contributed by atoms with Crippen LogP contribution in [0.25, 0.3) is 0 Å². The summed E-state index contributed by atoms with van der Waals surface area (Å²) < 4.78 is 13.3. The van der Waals surface area contributed by atoms with E-state index >= 15 is 0 Å². The summed E-state index contributed by atoms with van der Waals surface area (Å²) in [7, 11) is 0. The fourth-order valence-electron chi connectivity index (χ4n) is 2.85. The summed E-state index contributed by atoms with van der Waals surface area (Å²) in [6.45, 7) is 2.47. The van der Waals surface area contributed by atoms with Gasteiger partial charge in [0.15, 0.2) is 0 Å². The predicted molar refractivity (Wildman–Crippen MR) is 90.7 cm³/mol. The van der Waals surface area contributed by atoms with Gasteiger partial charge in [0, 0.05) is 12.2 Å². The van der Waals surface area contributed by atoms with Crippen molar-refractivity contribution in [1.29, 1.82) is 0 Å². The number of carbonyl (C=O) groups excluding carboxylic acids is 1. The number of amides is 2. The van der Waals surface area contributed by atoms with Gasteiger partial charge in [-0.25, -0.2) is 9.18 Å². The van der Waals surface area contributed by atoms with Crippen LogP contribution in [0.1, 0.15) is 24.1 Å². The molecule has 2 aromatic carbocycles. The van der Waals surface area contributed by atoms with Crippen molar-refractivity contribution in [3.05, 3.63) is 63.4 Å². The molecule has 1 aliphatic heterocycles. The third-order valence-corrected chi connectivity index (χ3v) is 4.82. The minimum atomic E-state index is -0.246. The number of rotatable bonds is 1. The second kappa shape index (κ2) is 6.38. The molecule has 6 heteroatoms. The van der Waals surface area contributed by atoms with E-state index in [2.05, 4.69) is 5.32 Å². The van der Waals surface area contributed by atoms with Gasteiger partial charge in [0.2, 0.25) is 0 Å². The Bertz CT molecular complexity index is 766. The van der Waals surface area contributed by atoms with Crippen LogP contribution in [-0.2, 0) is 6.42 Å². The molecule has 1 atom stereocenters. The summed E-state index contributed by atoms with van der Waals surface area (Å²) in [6, 6.07) is 9.32. The molecule has 0 saturated carbocycles. The van der Waals surface area contributed by atoms with E-state index in [4.69, 9.17) is 23.2 Å². The van der Waals surface area contributed by atoms with E-state index in [0.717, 1.165) is 11.1 Å². The lowest BCUT2D eigenvalue weighted by atomic mass is 9.94. The molecular formula is C17H15Cl2FN2O. The zero-order valence-electron chi connectivity index (χ0n) is 12.4. The van der Waals surface area contributed by atoms with E-state index in [1.54, 1.807) is 35.2 Å². The van der Waals surface area contributed by atoms with Gasteiger partial charge in [-0.05, 0) is 54.8 Å². The van der Waals surface area contributed by atoms with Crippen molar-refractivity contribution in [3.63, 3.8) is 0 Å². The molecular weight excluding hydrogens is 338 g/mol. The van der Waals surface area contributed by atoms with Gasteiger partial charge in [0.25, 0.3) is 0 Å². The highest BCUT2D eigenvalue weighted by Gasteiger charge is 2.27. The second-order valence-electron chi connectivity index (χ2n) is 5.52. The van der Waals surface area contributed by atoms with Crippen molar-refractivity contribution >= 4 is 34.9 Å². The Kier molecular flexibility index (Phi) is 4.46. The SMILES string of the molecule is CC1c2ccc(F)cc2CCN1C(=O)Nc1ccc(Cl)c(Cl)c1. The molecule has 2 aromatic rings. The van der Waals surface area contributed by atoms with Gasteiger partial charge in [0.05, 0.1) is 16.1 Å². The fourth-order valence-corrected chi connectivity index (χ4v) is 3.15. The Morgan fingerprint density at radius 3 is 2.74 bits per heavy atom. The molecule has 1 aliphatic rings. The van der Waals surface area contributed by atoms with E-state index in [1.165, 1.54) is 6.07 Å². The van der Waals surface area contributed by atoms with Crippen LogP contribution in [0.3, 0.4) is 0 Å². The van der Waals surface area contributed by atoms with Gasteiger partial charge in [-0.2, -0.15) is 0 Å². The number of carbonyl (C=O) groups is 1. The number of urea groups is 1. The number of nitrogens with zero attached hydrogens (tertiary/aromatic N) is 1. The normalized spacial score (nSPS) is 16.9. The van der Waals surface area contributed by atoms with Gasteiger partial charge >= 0.3 is 6.03 Å². The Hall–Kier alpha value is -1.78. The molecule has 0 spiro atoms. The van der Waals surface area contributed by atoms with Gasteiger partial charge < -0.3 is 10.2 Å². The molecule has 2 amide bonds. The highest BCUT2D eigenvalue weighted by Crippen LogP contribution is 2.31. The smallest absolute Gasteiger partial charge is 0.317 e. The van der Waals surface area contributed by atoms with Crippen LogP contribution in [0, 0.1) is 5.82 Å². The standard InChI is InChI=1S/C17H15Cl2FN2O/c1-10-14-4-2-12(20)8-11(14)6-7-22(10)17(23)21-13-3-5-15(18)16(19)9-13/h2-5,8-10H,6-7H2,1H3,(H,21,23). The fraction of sp³-hybridized carbons (Fsp3) is 0.235. The maximum absolute atomic E-state index is 13.3. The van der Waals surface area contributed by atoms with Gasteiger partial charge in [0.1, 0.15) is 5.82 Å². The zero-order chi connectivity index (χ0) is 16.6. The van der Waals surface area contributed by atoms with Crippen LogP contribution >= 0.6 is 23.2 Å². The van der Waals surface area contributed by atoms with Crippen LogP contribution in [0.5, 0.6) is 0 Å². The maximum atomic E-state index is 13.3. The number of hydrogen-bond donors (Lipinski definition) is 1. The number of hydrogen-bond acceptors (Lipinski definition) is 1. The van der Waals surface area contributed by atoms with Gasteiger partial charge in [-0.1, -0.05) is 29.3 Å². The van der Waals surface area contributed by atoms with Crippen molar-refractivity contribution in [2.45, 2.75) is 19.4 Å². The molecule has 0 fully saturated rings. The topological polar surface area (TPSA) is 32.3 Å².